The second-order valence-electron chi connectivity index (χ2n) is 4.87. The molecule has 80 valence electrons. The summed E-state index contributed by atoms with van der Waals surface area (Å²) in [4.78, 5) is 11.8. The normalized spacial score (nSPS) is 40.1. The van der Waals surface area contributed by atoms with Gasteiger partial charge in [-0.1, -0.05) is 6.92 Å². The van der Waals surface area contributed by atoms with Crippen molar-refractivity contribution in [3.63, 3.8) is 0 Å². The minimum absolute atomic E-state index is 0.0663. The second kappa shape index (κ2) is 3.56. The van der Waals surface area contributed by atoms with Crippen LogP contribution in [0.2, 0.25) is 0 Å². The summed E-state index contributed by atoms with van der Waals surface area (Å²) in [5, 5.41) is 0. The number of esters is 1. The molecule has 0 amide bonds. The molecule has 0 N–H and O–H groups in total. The third-order valence-corrected chi connectivity index (χ3v) is 4.33. The number of hydrogen-bond donors (Lipinski definition) is 0. The number of hydrogen-bond acceptors (Lipinski definition) is 2. The zero-order valence-electron chi connectivity index (χ0n) is 9.21. The predicted molar refractivity (Wildman–Crippen MR) is 54.8 cm³/mol. The molecule has 2 rings (SSSR count). The van der Waals surface area contributed by atoms with Crippen LogP contribution in [0.3, 0.4) is 0 Å². The SMILES string of the molecule is CCOC(=O)C1CC2CCC1(CC)C2. The maximum absolute atomic E-state index is 11.8. The summed E-state index contributed by atoms with van der Waals surface area (Å²) in [5.41, 5.74) is 0.316. The van der Waals surface area contributed by atoms with Crippen LogP contribution in [-0.2, 0) is 9.53 Å². The first-order valence-electron chi connectivity index (χ1n) is 5.88. The van der Waals surface area contributed by atoms with Crippen LogP contribution in [0.25, 0.3) is 0 Å². The van der Waals surface area contributed by atoms with E-state index in [0.29, 0.717) is 12.0 Å². The van der Waals surface area contributed by atoms with E-state index >= 15 is 0 Å². The van der Waals surface area contributed by atoms with Gasteiger partial charge in [-0.25, -0.2) is 0 Å². The Hall–Kier alpha value is -0.530. The first kappa shape index (κ1) is 10.0. The van der Waals surface area contributed by atoms with Crippen molar-refractivity contribution in [3.8, 4) is 0 Å². The molecule has 0 aliphatic heterocycles. The Labute approximate surface area is 86.0 Å². The molecule has 2 aliphatic rings. The van der Waals surface area contributed by atoms with Gasteiger partial charge < -0.3 is 4.74 Å². The van der Waals surface area contributed by atoms with E-state index in [1.54, 1.807) is 0 Å². The minimum atomic E-state index is 0.0663. The van der Waals surface area contributed by atoms with Gasteiger partial charge in [0.1, 0.15) is 0 Å². The Morgan fingerprint density at radius 2 is 2.29 bits per heavy atom. The zero-order valence-corrected chi connectivity index (χ0v) is 9.21. The van der Waals surface area contributed by atoms with E-state index in [0.717, 1.165) is 18.8 Å². The van der Waals surface area contributed by atoms with E-state index in [9.17, 15) is 4.79 Å². The molecule has 0 aromatic carbocycles. The summed E-state index contributed by atoms with van der Waals surface area (Å²) in [6.07, 6.45) is 6.09. The van der Waals surface area contributed by atoms with Crippen molar-refractivity contribution in [2.24, 2.45) is 17.3 Å². The number of fused-ring (bicyclic) bond motifs is 2. The quantitative estimate of drug-likeness (QED) is 0.649. The van der Waals surface area contributed by atoms with Gasteiger partial charge >= 0.3 is 5.97 Å². The monoisotopic (exact) mass is 196 g/mol. The Morgan fingerprint density at radius 1 is 1.50 bits per heavy atom. The number of ether oxygens (including phenoxy) is 1. The van der Waals surface area contributed by atoms with Gasteiger partial charge in [-0.05, 0) is 50.4 Å². The first-order chi connectivity index (χ1) is 6.72. The maximum Gasteiger partial charge on any atom is 0.309 e. The minimum Gasteiger partial charge on any atom is -0.466 e. The van der Waals surface area contributed by atoms with E-state index in [1.165, 1.54) is 19.3 Å². The molecule has 2 heteroatoms. The second-order valence-corrected chi connectivity index (χ2v) is 4.87. The van der Waals surface area contributed by atoms with Gasteiger partial charge in [0.15, 0.2) is 0 Å². The smallest absolute Gasteiger partial charge is 0.309 e. The van der Waals surface area contributed by atoms with Gasteiger partial charge in [-0.2, -0.15) is 0 Å². The van der Waals surface area contributed by atoms with Crippen LogP contribution < -0.4 is 0 Å². The van der Waals surface area contributed by atoms with E-state index in [2.05, 4.69) is 6.92 Å². The molecule has 0 aromatic heterocycles. The highest BCUT2D eigenvalue weighted by Crippen LogP contribution is 2.59. The van der Waals surface area contributed by atoms with E-state index < -0.39 is 0 Å². The van der Waals surface area contributed by atoms with Crippen molar-refractivity contribution in [2.75, 3.05) is 6.61 Å². The lowest BCUT2D eigenvalue weighted by Gasteiger charge is -2.32. The maximum atomic E-state index is 11.8. The summed E-state index contributed by atoms with van der Waals surface area (Å²) < 4.78 is 5.17. The lowest BCUT2D eigenvalue weighted by Crippen LogP contribution is -2.32. The van der Waals surface area contributed by atoms with Crippen molar-refractivity contribution >= 4 is 5.97 Å². The zero-order chi connectivity index (χ0) is 10.2. The number of carbonyl (C=O) groups excluding carboxylic acids is 1. The third-order valence-electron chi connectivity index (χ3n) is 4.33. The summed E-state index contributed by atoms with van der Waals surface area (Å²) in [7, 11) is 0. The van der Waals surface area contributed by atoms with Gasteiger partial charge in [-0.3, -0.25) is 4.79 Å². The van der Waals surface area contributed by atoms with Crippen LogP contribution in [0.5, 0.6) is 0 Å². The van der Waals surface area contributed by atoms with Gasteiger partial charge in [0, 0.05) is 0 Å². The van der Waals surface area contributed by atoms with Crippen molar-refractivity contribution < 1.29 is 9.53 Å². The number of rotatable bonds is 3. The van der Waals surface area contributed by atoms with Crippen LogP contribution in [0.1, 0.15) is 46.0 Å². The van der Waals surface area contributed by atoms with Gasteiger partial charge in [-0.15, -0.1) is 0 Å². The molecule has 0 aromatic rings. The summed E-state index contributed by atoms with van der Waals surface area (Å²) in [5.74, 6) is 1.09. The van der Waals surface area contributed by atoms with E-state index in [1.807, 2.05) is 6.92 Å². The average Bonchev–Trinajstić information content (AvgIpc) is 2.75. The molecule has 2 fully saturated rings. The molecule has 2 saturated carbocycles. The molecule has 0 heterocycles. The molecule has 3 atom stereocenters. The molecule has 3 unspecified atom stereocenters. The standard InChI is InChI=1S/C12H20O2/c1-3-12-6-5-9(8-12)7-10(12)11(13)14-4-2/h9-10H,3-8H2,1-2H3. The van der Waals surface area contributed by atoms with Crippen LogP contribution >= 0.6 is 0 Å². The molecule has 14 heavy (non-hydrogen) atoms. The fourth-order valence-electron chi connectivity index (χ4n) is 3.53. The predicted octanol–water partition coefficient (Wildman–Crippen LogP) is 2.77. The Kier molecular flexibility index (Phi) is 2.54. The van der Waals surface area contributed by atoms with E-state index in [4.69, 9.17) is 4.74 Å². The van der Waals surface area contributed by atoms with Crippen LogP contribution in [0.15, 0.2) is 0 Å². The largest absolute Gasteiger partial charge is 0.466 e. The summed E-state index contributed by atoms with van der Waals surface area (Å²) in [6, 6.07) is 0. The van der Waals surface area contributed by atoms with Crippen LogP contribution in [0.4, 0.5) is 0 Å². The topological polar surface area (TPSA) is 26.3 Å². The molecule has 0 radical (unpaired) electrons. The lowest BCUT2D eigenvalue weighted by molar-refractivity contribution is -0.152. The fraction of sp³-hybridized carbons (Fsp3) is 0.917. The van der Waals surface area contributed by atoms with Crippen LogP contribution in [0, 0.1) is 17.3 Å². The van der Waals surface area contributed by atoms with Gasteiger partial charge in [0.25, 0.3) is 0 Å². The van der Waals surface area contributed by atoms with Crippen LogP contribution in [-0.4, -0.2) is 12.6 Å². The van der Waals surface area contributed by atoms with Crippen molar-refractivity contribution in [1.29, 1.82) is 0 Å². The highest BCUT2D eigenvalue weighted by atomic mass is 16.5. The Morgan fingerprint density at radius 3 is 2.86 bits per heavy atom. The van der Waals surface area contributed by atoms with Crippen molar-refractivity contribution in [2.45, 2.75) is 46.0 Å². The summed E-state index contributed by atoms with van der Waals surface area (Å²) in [6.45, 7) is 4.64. The molecule has 0 spiro atoms. The summed E-state index contributed by atoms with van der Waals surface area (Å²) >= 11 is 0. The highest BCUT2D eigenvalue weighted by Gasteiger charge is 2.54. The number of carbonyl (C=O) groups is 1. The molecular weight excluding hydrogens is 176 g/mol. The van der Waals surface area contributed by atoms with Gasteiger partial charge in [0.2, 0.25) is 0 Å². The Bertz CT molecular complexity index is 236. The molecule has 2 aliphatic carbocycles. The first-order valence-corrected chi connectivity index (χ1v) is 5.88. The van der Waals surface area contributed by atoms with E-state index in [-0.39, 0.29) is 11.9 Å². The molecule has 0 saturated heterocycles. The Balaban J connectivity index is 2.09. The highest BCUT2D eigenvalue weighted by molar-refractivity contribution is 5.74. The molecular formula is C12H20O2. The lowest BCUT2D eigenvalue weighted by atomic mass is 9.73. The van der Waals surface area contributed by atoms with Crippen molar-refractivity contribution in [1.82, 2.24) is 0 Å². The van der Waals surface area contributed by atoms with Gasteiger partial charge in [0.05, 0.1) is 12.5 Å². The third kappa shape index (κ3) is 1.35. The molecule has 2 nitrogen and oxygen atoms in total. The fourth-order valence-corrected chi connectivity index (χ4v) is 3.53. The average molecular weight is 196 g/mol. The van der Waals surface area contributed by atoms with Crippen molar-refractivity contribution in [3.05, 3.63) is 0 Å². The molecule has 2 bridgehead atoms.